The van der Waals surface area contributed by atoms with Crippen LogP contribution in [0.3, 0.4) is 0 Å². The molecule has 0 saturated heterocycles. The predicted molar refractivity (Wildman–Crippen MR) is 139 cm³/mol. The molecule has 200 valence electrons. The zero-order chi connectivity index (χ0) is 28.2. The van der Waals surface area contributed by atoms with Gasteiger partial charge in [-0.05, 0) is 37.3 Å². The van der Waals surface area contributed by atoms with Gasteiger partial charge in [0.2, 0.25) is 5.91 Å². The second kappa shape index (κ2) is 11.3. The van der Waals surface area contributed by atoms with E-state index < -0.39 is 42.9 Å². The van der Waals surface area contributed by atoms with Gasteiger partial charge in [0.05, 0.1) is 40.3 Å². The SMILES string of the molecule is COc1ccc([N+](=O)[O-])cc1NC(=O)CN(c1cc(Cl)ccc1OC)S(=O)(=O)c1ccc(C)c([N+](=O)[O-])c1. The molecule has 1 N–H and O–H groups in total. The lowest BCUT2D eigenvalue weighted by Crippen LogP contribution is -2.38. The minimum atomic E-state index is -4.61. The number of methoxy groups -OCH3 is 2. The Morgan fingerprint density at radius 1 is 0.974 bits per heavy atom. The molecule has 0 aliphatic carbocycles. The number of nitro benzene ring substituents is 2. The molecule has 3 rings (SSSR count). The highest BCUT2D eigenvalue weighted by molar-refractivity contribution is 7.92. The second-order valence-electron chi connectivity index (χ2n) is 7.72. The molecule has 0 fully saturated rings. The standard InChI is InChI=1S/C23H21ClN4O9S/c1-14-4-7-17(12-19(14)28(32)33)38(34,35)26(20-10-15(24)5-8-22(20)37-3)13-23(29)25-18-11-16(27(30)31)6-9-21(18)36-2/h4-12H,13H2,1-3H3,(H,25,29). The second-order valence-corrected chi connectivity index (χ2v) is 10.0. The van der Waals surface area contributed by atoms with Crippen molar-refractivity contribution >= 4 is 50.3 Å². The first-order chi connectivity index (χ1) is 17.9. The molecule has 13 nitrogen and oxygen atoms in total. The molecule has 3 aromatic carbocycles. The fourth-order valence-electron chi connectivity index (χ4n) is 3.46. The zero-order valence-corrected chi connectivity index (χ0v) is 21.8. The smallest absolute Gasteiger partial charge is 0.273 e. The fraction of sp³-hybridized carbons (Fsp3) is 0.174. The van der Waals surface area contributed by atoms with Crippen molar-refractivity contribution in [2.24, 2.45) is 0 Å². The summed E-state index contributed by atoms with van der Waals surface area (Å²) in [6.07, 6.45) is 0. The summed E-state index contributed by atoms with van der Waals surface area (Å²) in [7, 11) is -2.04. The van der Waals surface area contributed by atoms with Gasteiger partial charge in [-0.2, -0.15) is 0 Å². The molecule has 0 atom stereocenters. The normalized spacial score (nSPS) is 10.9. The van der Waals surface area contributed by atoms with Gasteiger partial charge in [0.15, 0.2) is 0 Å². The number of aryl methyl sites for hydroxylation is 1. The van der Waals surface area contributed by atoms with Crippen molar-refractivity contribution in [3.8, 4) is 11.5 Å². The minimum absolute atomic E-state index is 0.0420. The van der Waals surface area contributed by atoms with Crippen LogP contribution in [0.4, 0.5) is 22.7 Å². The van der Waals surface area contributed by atoms with Crippen LogP contribution < -0.4 is 19.1 Å². The van der Waals surface area contributed by atoms with E-state index in [4.69, 9.17) is 21.1 Å². The van der Waals surface area contributed by atoms with Crippen molar-refractivity contribution in [2.75, 3.05) is 30.4 Å². The van der Waals surface area contributed by atoms with E-state index in [2.05, 4.69) is 5.32 Å². The van der Waals surface area contributed by atoms with Gasteiger partial charge in [-0.1, -0.05) is 17.7 Å². The van der Waals surface area contributed by atoms with Crippen molar-refractivity contribution in [1.82, 2.24) is 0 Å². The summed E-state index contributed by atoms with van der Waals surface area (Å²) in [5.74, 6) is -0.774. The lowest BCUT2D eigenvalue weighted by molar-refractivity contribution is -0.385. The Labute approximate surface area is 221 Å². The number of carbonyl (C=O) groups is 1. The molecule has 0 bridgehead atoms. The molecule has 0 aliphatic rings. The Bertz CT molecular complexity index is 1530. The molecule has 0 aromatic heterocycles. The van der Waals surface area contributed by atoms with E-state index in [-0.39, 0.29) is 39.1 Å². The third-order valence-corrected chi connectivity index (χ3v) is 7.32. The van der Waals surface area contributed by atoms with Crippen LogP contribution in [-0.2, 0) is 14.8 Å². The molecular weight excluding hydrogens is 544 g/mol. The van der Waals surface area contributed by atoms with Crippen molar-refractivity contribution in [2.45, 2.75) is 11.8 Å². The van der Waals surface area contributed by atoms with E-state index in [0.717, 1.165) is 12.1 Å². The molecule has 0 unspecified atom stereocenters. The minimum Gasteiger partial charge on any atom is -0.495 e. The molecule has 38 heavy (non-hydrogen) atoms. The lowest BCUT2D eigenvalue weighted by Gasteiger charge is -2.26. The topological polar surface area (TPSA) is 171 Å². The lowest BCUT2D eigenvalue weighted by atomic mass is 10.2. The van der Waals surface area contributed by atoms with Crippen molar-refractivity contribution in [3.05, 3.63) is 85.4 Å². The number of halogens is 1. The number of nitro groups is 2. The van der Waals surface area contributed by atoms with E-state index in [0.29, 0.717) is 4.31 Å². The van der Waals surface area contributed by atoms with Gasteiger partial charge in [-0.15, -0.1) is 0 Å². The number of ether oxygens (including phenoxy) is 2. The molecule has 15 heteroatoms. The number of anilines is 2. The summed E-state index contributed by atoms with van der Waals surface area (Å²) in [5.41, 5.74) is -0.738. The molecule has 3 aromatic rings. The van der Waals surface area contributed by atoms with Crippen LogP contribution >= 0.6 is 11.6 Å². The molecule has 0 saturated carbocycles. The molecule has 1 amide bonds. The zero-order valence-electron chi connectivity index (χ0n) is 20.2. The summed E-state index contributed by atoms with van der Waals surface area (Å²) >= 11 is 6.11. The highest BCUT2D eigenvalue weighted by atomic mass is 35.5. The van der Waals surface area contributed by atoms with Crippen molar-refractivity contribution in [3.63, 3.8) is 0 Å². The Morgan fingerprint density at radius 2 is 1.63 bits per heavy atom. The third kappa shape index (κ3) is 5.92. The van der Waals surface area contributed by atoms with E-state index in [1.54, 1.807) is 0 Å². The highest BCUT2D eigenvalue weighted by Gasteiger charge is 2.32. The average Bonchev–Trinajstić information content (AvgIpc) is 2.87. The number of nitrogens with zero attached hydrogens (tertiary/aromatic N) is 3. The van der Waals surface area contributed by atoms with Gasteiger partial charge in [0, 0.05) is 28.8 Å². The maximum Gasteiger partial charge on any atom is 0.273 e. The van der Waals surface area contributed by atoms with Gasteiger partial charge in [-0.25, -0.2) is 8.42 Å². The fourth-order valence-corrected chi connectivity index (χ4v) is 5.07. The number of hydrogen-bond donors (Lipinski definition) is 1. The van der Waals surface area contributed by atoms with Crippen molar-refractivity contribution in [1.29, 1.82) is 0 Å². The number of non-ortho nitro benzene ring substituents is 1. The summed E-state index contributed by atoms with van der Waals surface area (Å²) in [6.45, 7) is 0.596. The number of carbonyl (C=O) groups excluding carboxylic acids is 1. The monoisotopic (exact) mass is 564 g/mol. The summed E-state index contributed by atoms with van der Waals surface area (Å²) in [6, 6.07) is 10.9. The van der Waals surface area contributed by atoms with Crippen LogP contribution in [0.5, 0.6) is 11.5 Å². The maximum atomic E-state index is 13.8. The van der Waals surface area contributed by atoms with Crippen LogP contribution in [-0.4, -0.2) is 44.9 Å². The number of amides is 1. The number of sulfonamides is 1. The van der Waals surface area contributed by atoms with E-state index in [1.165, 1.54) is 63.6 Å². The summed E-state index contributed by atoms with van der Waals surface area (Å²) < 4.78 is 38.6. The number of rotatable bonds is 10. The first-order valence-corrected chi connectivity index (χ1v) is 12.4. The average molecular weight is 565 g/mol. The Hall–Kier alpha value is -4.43. The number of hydrogen-bond acceptors (Lipinski definition) is 9. The van der Waals surface area contributed by atoms with Crippen molar-refractivity contribution < 1.29 is 32.5 Å². The molecular formula is C23H21ClN4O9S. The van der Waals surface area contributed by atoms with Crippen LogP contribution in [0, 0.1) is 27.2 Å². The van der Waals surface area contributed by atoms with E-state index >= 15 is 0 Å². The summed E-state index contributed by atoms with van der Waals surface area (Å²) in [5, 5.41) is 25.2. The number of benzene rings is 3. The van der Waals surface area contributed by atoms with Gasteiger partial charge in [-0.3, -0.25) is 29.3 Å². The molecule has 0 spiro atoms. The Kier molecular flexibility index (Phi) is 8.38. The third-order valence-electron chi connectivity index (χ3n) is 5.33. The highest BCUT2D eigenvalue weighted by Crippen LogP contribution is 2.36. The van der Waals surface area contributed by atoms with E-state index in [1.807, 2.05) is 0 Å². The van der Waals surface area contributed by atoms with Crippen LogP contribution in [0.15, 0.2) is 59.5 Å². The maximum absolute atomic E-state index is 13.8. The Balaban J connectivity index is 2.11. The van der Waals surface area contributed by atoms with Gasteiger partial charge >= 0.3 is 0 Å². The van der Waals surface area contributed by atoms with Crippen LogP contribution in [0.2, 0.25) is 5.02 Å². The molecule has 0 heterocycles. The predicted octanol–water partition coefficient (Wildman–Crippen LogP) is 4.32. The van der Waals surface area contributed by atoms with Crippen LogP contribution in [0.1, 0.15) is 5.56 Å². The quantitative estimate of drug-likeness (QED) is 0.278. The molecule has 0 radical (unpaired) electrons. The van der Waals surface area contributed by atoms with Gasteiger partial charge < -0.3 is 14.8 Å². The largest absolute Gasteiger partial charge is 0.495 e. The first-order valence-electron chi connectivity index (χ1n) is 10.6. The van der Waals surface area contributed by atoms with E-state index in [9.17, 15) is 33.4 Å². The van der Waals surface area contributed by atoms with Gasteiger partial charge in [0.1, 0.15) is 18.0 Å². The first kappa shape index (κ1) is 28.1. The molecule has 0 aliphatic heterocycles. The van der Waals surface area contributed by atoms with Crippen LogP contribution in [0.25, 0.3) is 0 Å². The number of nitrogens with one attached hydrogen (secondary N) is 1. The Morgan fingerprint density at radius 3 is 2.24 bits per heavy atom. The summed E-state index contributed by atoms with van der Waals surface area (Å²) in [4.78, 5) is 33.9. The van der Waals surface area contributed by atoms with Gasteiger partial charge in [0.25, 0.3) is 21.4 Å².